The Morgan fingerprint density at radius 3 is 1.94 bits per heavy atom. The lowest BCUT2D eigenvalue weighted by Crippen LogP contribution is -2.50. The molecule has 53 heavy (non-hydrogen) atoms. The quantitative estimate of drug-likeness (QED) is 0.0670. The molecule has 282 valence electrons. The molecule has 0 aromatic heterocycles. The van der Waals surface area contributed by atoms with Gasteiger partial charge in [0.15, 0.2) is 0 Å². The third kappa shape index (κ3) is 11.2. The lowest BCUT2D eigenvalue weighted by atomic mass is 10.1. The van der Waals surface area contributed by atoms with Crippen LogP contribution in [-0.4, -0.2) is 97.0 Å². The molecule has 0 aliphatic carbocycles. The average molecular weight is 764 g/mol. The summed E-state index contributed by atoms with van der Waals surface area (Å²) in [6.45, 7) is -0.123. The van der Waals surface area contributed by atoms with Crippen LogP contribution >= 0.6 is 19.0 Å². The number of likely N-dealkylation sites (tertiary alicyclic amines) is 1. The van der Waals surface area contributed by atoms with Crippen LogP contribution in [0.15, 0.2) is 91.0 Å². The standard InChI is InChI=1S/C39H47N4O8PS/c1-50-36(46)26-41-37(47)32(42-34(44)22-21-31(40)39(49)51-2)27-53-33-25-35(45)43(38(33)48)23-13-6-14-24-52(28-15-7-3-8-16-28,29-17-9-4-10-18-29)30-19-11-5-12-20-30/h3-5,7-12,15-20,31-33H,6,13-14,21-27,40H2,1-2H3,(H-,41,42,44,47)/p+1/t31-,32-,33?/m0/s1. The number of hydrogen-bond donors (Lipinski definition) is 3. The second kappa shape index (κ2) is 20.6. The van der Waals surface area contributed by atoms with E-state index in [9.17, 15) is 28.8 Å². The zero-order valence-corrected chi connectivity index (χ0v) is 31.8. The third-order valence-electron chi connectivity index (χ3n) is 9.11. The van der Waals surface area contributed by atoms with Crippen LogP contribution in [0.1, 0.15) is 38.5 Å². The Hall–Kier alpha value is -4.58. The van der Waals surface area contributed by atoms with Crippen LogP contribution in [0.4, 0.5) is 0 Å². The first-order valence-corrected chi connectivity index (χ1v) is 20.6. The van der Waals surface area contributed by atoms with Gasteiger partial charge in [-0.3, -0.25) is 33.7 Å². The maximum absolute atomic E-state index is 13.4. The van der Waals surface area contributed by atoms with Crippen molar-refractivity contribution in [2.45, 2.75) is 55.9 Å². The summed E-state index contributed by atoms with van der Waals surface area (Å²) in [5.41, 5.74) is 5.73. The predicted molar refractivity (Wildman–Crippen MR) is 208 cm³/mol. The summed E-state index contributed by atoms with van der Waals surface area (Å²) in [5.74, 6) is -3.22. The van der Waals surface area contributed by atoms with E-state index in [1.165, 1.54) is 35.0 Å². The Labute approximate surface area is 315 Å². The fraction of sp³-hybridized carbons (Fsp3) is 0.385. The van der Waals surface area contributed by atoms with Crippen LogP contribution in [0.25, 0.3) is 0 Å². The highest BCUT2D eigenvalue weighted by Crippen LogP contribution is 2.56. The first-order chi connectivity index (χ1) is 25.6. The van der Waals surface area contributed by atoms with Crippen molar-refractivity contribution in [1.82, 2.24) is 15.5 Å². The number of carbonyl (C=O) groups excluding carboxylic acids is 6. The topological polar surface area (TPSA) is 174 Å². The van der Waals surface area contributed by atoms with Crippen molar-refractivity contribution in [3.05, 3.63) is 91.0 Å². The lowest BCUT2D eigenvalue weighted by molar-refractivity contribution is -0.142. The third-order valence-corrected chi connectivity index (χ3v) is 14.9. The summed E-state index contributed by atoms with van der Waals surface area (Å²) < 4.78 is 9.16. The van der Waals surface area contributed by atoms with Crippen LogP contribution in [0.3, 0.4) is 0 Å². The summed E-state index contributed by atoms with van der Waals surface area (Å²) in [4.78, 5) is 76.6. The molecule has 0 spiro atoms. The van der Waals surface area contributed by atoms with Crippen molar-refractivity contribution in [3.8, 4) is 0 Å². The van der Waals surface area contributed by atoms with E-state index in [4.69, 9.17) is 5.73 Å². The maximum Gasteiger partial charge on any atom is 0.325 e. The van der Waals surface area contributed by atoms with Gasteiger partial charge in [-0.05, 0) is 62.1 Å². The first kappa shape index (κ1) is 41.2. The summed E-state index contributed by atoms with van der Waals surface area (Å²) in [6.07, 6.45) is 3.10. The van der Waals surface area contributed by atoms with Crippen molar-refractivity contribution >= 4 is 70.5 Å². The molecule has 14 heteroatoms. The number of nitrogens with two attached hydrogens (primary N) is 1. The summed E-state index contributed by atoms with van der Waals surface area (Å²) >= 11 is 1.09. The Balaban J connectivity index is 1.35. The second-order valence-electron chi connectivity index (χ2n) is 12.6. The highest BCUT2D eigenvalue weighted by atomic mass is 32.2. The van der Waals surface area contributed by atoms with Gasteiger partial charge < -0.3 is 25.8 Å². The molecule has 1 unspecified atom stereocenters. The van der Waals surface area contributed by atoms with Gasteiger partial charge in [-0.25, -0.2) is 0 Å². The Morgan fingerprint density at radius 1 is 0.849 bits per heavy atom. The number of nitrogens with one attached hydrogen (secondary N) is 2. The van der Waals surface area contributed by atoms with Crippen LogP contribution in [0, 0.1) is 0 Å². The number of ether oxygens (including phenoxy) is 2. The molecule has 4 amide bonds. The van der Waals surface area contributed by atoms with Gasteiger partial charge in [-0.15, -0.1) is 11.8 Å². The van der Waals surface area contributed by atoms with Crippen LogP contribution in [0.5, 0.6) is 0 Å². The van der Waals surface area contributed by atoms with Gasteiger partial charge >= 0.3 is 11.9 Å². The molecule has 1 saturated heterocycles. The number of amides is 4. The van der Waals surface area contributed by atoms with E-state index in [2.05, 4.69) is 92.9 Å². The Morgan fingerprint density at radius 2 is 1.42 bits per heavy atom. The molecule has 1 fully saturated rings. The molecule has 12 nitrogen and oxygen atoms in total. The van der Waals surface area contributed by atoms with Crippen LogP contribution in [-0.2, 0) is 38.2 Å². The van der Waals surface area contributed by atoms with Gasteiger partial charge in [0.1, 0.15) is 41.8 Å². The smallest absolute Gasteiger partial charge is 0.325 e. The van der Waals surface area contributed by atoms with Crippen molar-refractivity contribution in [2.24, 2.45) is 5.73 Å². The molecular weight excluding hydrogens is 715 g/mol. The summed E-state index contributed by atoms with van der Waals surface area (Å²) in [7, 11) is 0.382. The molecule has 1 aliphatic rings. The van der Waals surface area contributed by atoms with E-state index in [1.54, 1.807) is 0 Å². The molecule has 3 aromatic rings. The molecule has 3 aromatic carbocycles. The van der Waals surface area contributed by atoms with E-state index in [0.29, 0.717) is 13.0 Å². The number of thioether (sulfide) groups is 1. The monoisotopic (exact) mass is 763 g/mol. The van der Waals surface area contributed by atoms with Crippen molar-refractivity contribution in [1.29, 1.82) is 0 Å². The fourth-order valence-electron chi connectivity index (χ4n) is 6.27. The van der Waals surface area contributed by atoms with Crippen molar-refractivity contribution < 1.29 is 38.2 Å². The highest BCUT2D eigenvalue weighted by Gasteiger charge is 2.45. The lowest BCUT2D eigenvalue weighted by Gasteiger charge is -2.27. The number of imide groups is 1. The Kier molecular flexibility index (Phi) is 16.0. The number of unbranched alkanes of at least 4 members (excludes halogenated alkanes) is 2. The molecular formula is C39H48N4O8PS+. The summed E-state index contributed by atoms with van der Waals surface area (Å²) in [6, 6.07) is 29.8. The normalized spacial score (nSPS) is 15.4. The molecule has 0 radical (unpaired) electrons. The van der Waals surface area contributed by atoms with Gasteiger partial charge in [0, 0.05) is 25.1 Å². The number of hydrogen-bond acceptors (Lipinski definition) is 10. The highest BCUT2D eigenvalue weighted by molar-refractivity contribution is 8.00. The minimum Gasteiger partial charge on any atom is -0.468 e. The molecule has 0 saturated carbocycles. The number of carbonyl (C=O) groups is 6. The Bertz CT molecular complexity index is 1600. The number of methoxy groups -OCH3 is 2. The minimum absolute atomic E-state index is 0.0137. The molecule has 3 atom stereocenters. The van der Waals surface area contributed by atoms with Gasteiger partial charge in [-0.2, -0.15) is 0 Å². The largest absolute Gasteiger partial charge is 0.468 e. The van der Waals surface area contributed by atoms with Crippen molar-refractivity contribution in [3.63, 3.8) is 0 Å². The SMILES string of the molecule is COC(=O)CNC(=O)[C@H](CSC1CC(=O)N(CCCCC[P+](c2ccccc2)(c2ccccc2)c2ccccc2)C1=O)NC(=O)CC[C@H](N)C(=O)OC. The molecule has 1 heterocycles. The fourth-order valence-corrected chi connectivity index (χ4v) is 11.9. The maximum atomic E-state index is 13.4. The van der Waals surface area contributed by atoms with E-state index in [1.807, 2.05) is 18.2 Å². The van der Waals surface area contributed by atoms with Gasteiger partial charge in [0.2, 0.25) is 23.6 Å². The zero-order valence-electron chi connectivity index (χ0n) is 30.1. The number of rotatable bonds is 20. The number of nitrogens with zero attached hydrogens (tertiary/aromatic N) is 1. The zero-order chi connectivity index (χ0) is 38.2. The second-order valence-corrected chi connectivity index (χ2v) is 17.4. The van der Waals surface area contributed by atoms with Crippen LogP contribution in [0.2, 0.25) is 0 Å². The van der Waals surface area contributed by atoms with Gasteiger partial charge in [0.05, 0.1) is 25.6 Å². The molecule has 4 rings (SSSR count). The molecule has 0 bridgehead atoms. The van der Waals surface area contributed by atoms with Gasteiger partial charge in [0.25, 0.3) is 0 Å². The number of benzene rings is 3. The van der Waals surface area contributed by atoms with E-state index in [-0.39, 0.29) is 36.8 Å². The van der Waals surface area contributed by atoms with E-state index in [0.717, 1.165) is 30.8 Å². The van der Waals surface area contributed by atoms with Gasteiger partial charge in [-0.1, -0.05) is 54.6 Å². The van der Waals surface area contributed by atoms with E-state index < -0.39 is 54.9 Å². The minimum atomic E-state index is -1.98. The van der Waals surface area contributed by atoms with E-state index >= 15 is 0 Å². The van der Waals surface area contributed by atoms with Crippen molar-refractivity contribution in [2.75, 3.05) is 39.2 Å². The predicted octanol–water partition coefficient (Wildman–Crippen LogP) is 2.07. The summed E-state index contributed by atoms with van der Waals surface area (Å²) in [5, 5.41) is 8.20. The number of esters is 2. The average Bonchev–Trinajstić information content (AvgIpc) is 3.47. The molecule has 4 N–H and O–H groups in total. The first-order valence-electron chi connectivity index (χ1n) is 17.6. The van der Waals surface area contributed by atoms with Crippen LogP contribution < -0.4 is 32.3 Å². The molecule has 1 aliphatic heterocycles.